The van der Waals surface area contributed by atoms with Crippen molar-refractivity contribution in [3.63, 3.8) is 0 Å². The molecule has 3 rings (SSSR count). The zero-order valence-corrected chi connectivity index (χ0v) is 17.5. The Morgan fingerprint density at radius 1 is 1.27 bits per heavy atom. The Kier molecular flexibility index (Phi) is 5.93. The molecule has 0 saturated carbocycles. The van der Waals surface area contributed by atoms with Crippen molar-refractivity contribution in [1.29, 1.82) is 0 Å². The molecule has 30 heavy (non-hydrogen) atoms. The van der Waals surface area contributed by atoms with Crippen LogP contribution in [0.2, 0.25) is 0 Å². The fourth-order valence-electron chi connectivity index (χ4n) is 3.69. The highest BCUT2D eigenvalue weighted by Gasteiger charge is 2.34. The highest BCUT2D eigenvalue weighted by Crippen LogP contribution is 2.31. The molecule has 1 aromatic heterocycles. The van der Waals surface area contributed by atoms with Crippen LogP contribution in [-0.4, -0.2) is 52.6 Å². The number of fused-ring (bicyclic) bond motifs is 1. The van der Waals surface area contributed by atoms with Gasteiger partial charge in [0.2, 0.25) is 0 Å². The third-order valence-electron chi connectivity index (χ3n) is 5.02. The molecule has 2 atom stereocenters. The van der Waals surface area contributed by atoms with Gasteiger partial charge in [-0.3, -0.25) is 0 Å². The van der Waals surface area contributed by atoms with Gasteiger partial charge in [0.1, 0.15) is 18.3 Å². The molecule has 0 radical (unpaired) electrons. The zero-order chi connectivity index (χ0) is 22.3. The molecular weight excluding hydrogens is 402 g/mol. The molecule has 0 spiro atoms. The molecule has 1 aliphatic heterocycles. The molecule has 1 aliphatic rings. The molecule has 2 heterocycles. The van der Waals surface area contributed by atoms with E-state index in [-0.39, 0.29) is 6.54 Å². The SMILES string of the molecule is Cc1cc2c(N[C@@H]3CCN(C(=O)OC(C)(C)C)C[C@@H]3F)cccc2n1CC(F)(F)F. The molecule has 9 heteroatoms. The number of aryl methyl sites for hydroxylation is 1. The van der Waals surface area contributed by atoms with Crippen molar-refractivity contribution in [3.05, 3.63) is 30.0 Å². The Labute approximate surface area is 173 Å². The summed E-state index contributed by atoms with van der Waals surface area (Å²) in [6.07, 6.45) is -5.86. The van der Waals surface area contributed by atoms with E-state index in [0.29, 0.717) is 35.2 Å². The Morgan fingerprint density at radius 3 is 2.57 bits per heavy atom. The molecule has 0 bridgehead atoms. The fourth-order valence-corrected chi connectivity index (χ4v) is 3.69. The summed E-state index contributed by atoms with van der Waals surface area (Å²) in [4.78, 5) is 13.5. The van der Waals surface area contributed by atoms with Crippen LogP contribution in [-0.2, 0) is 11.3 Å². The van der Waals surface area contributed by atoms with Crippen molar-refractivity contribution in [1.82, 2.24) is 9.47 Å². The summed E-state index contributed by atoms with van der Waals surface area (Å²) in [6, 6.07) is 6.12. The van der Waals surface area contributed by atoms with Crippen molar-refractivity contribution in [3.8, 4) is 0 Å². The minimum absolute atomic E-state index is 0.101. The Hall–Kier alpha value is -2.45. The largest absolute Gasteiger partial charge is 0.444 e. The van der Waals surface area contributed by atoms with Crippen molar-refractivity contribution >= 4 is 22.7 Å². The lowest BCUT2D eigenvalue weighted by Gasteiger charge is -2.36. The first-order valence-corrected chi connectivity index (χ1v) is 9.88. The van der Waals surface area contributed by atoms with Gasteiger partial charge in [0, 0.05) is 23.3 Å². The van der Waals surface area contributed by atoms with Crippen LogP contribution in [0.25, 0.3) is 10.9 Å². The summed E-state index contributed by atoms with van der Waals surface area (Å²) in [5.41, 5.74) is 0.842. The average molecular weight is 429 g/mol. The molecule has 0 unspecified atom stereocenters. The molecule has 1 saturated heterocycles. The number of nitrogens with zero attached hydrogens (tertiary/aromatic N) is 2. The second-order valence-corrected chi connectivity index (χ2v) is 8.71. The number of rotatable bonds is 3. The third-order valence-corrected chi connectivity index (χ3v) is 5.02. The summed E-state index contributed by atoms with van der Waals surface area (Å²) in [5, 5.41) is 3.75. The van der Waals surface area contributed by atoms with Gasteiger partial charge >= 0.3 is 12.3 Å². The number of nitrogens with one attached hydrogen (secondary N) is 1. The monoisotopic (exact) mass is 429 g/mol. The Bertz CT molecular complexity index is 917. The lowest BCUT2D eigenvalue weighted by Crippen LogP contribution is -2.51. The van der Waals surface area contributed by atoms with Gasteiger partial charge in [-0.25, -0.2) is 9.18 Å². The number of hydrogen-bond donors (Lipinski definition) is 1. The first-order valence-electron chi connectivity index (χ1n) is 9.88. The third kappa shape index (κ3) is 5.17. The standard InChI is InChI=1S/C21H27F4N3O2/c1-13-10-14-16(6-5-7-18(14)28(13)12-21(23,24)25)26-17-8-9-27(11-15(17)22)19(29)30-20(2,3)4/h5-7,10,15,17,26H,8-9,11-12H2,1-4H3/t15-,17+/m0/s1. The van der Waals surface area contributed by atoms with Crippen LogP contribution in [0.5, 0.6) is 0 Å². The predicted molar refractivity (Wildman–Crippen MR) is 107 cm³/mol. The number of halogens is 4. The van der Waals surface area contributed by atoms with Gasteiger partial charge in [-0.05, 0) is 52.3 Å². The average Bonchev–Trinajstić information content (AvgIpc) is 2.90. The van der Waals surface area contributed by atoms with E-state index in [0.717, 1.165) is 0 Å². The normalized spacial score (nSPS) is 20.5. The number of carbonyl (C=O) groups is 1. The van der Waals surface area contributed by atoms with Gasteiger partial charge in [-0.1, -0.05) is 6.07 Å². The van der Waals surface area contributed by atoms with Gasteiger partial charge in [0.15, 0.2) is 0 Å². The number of hydrogen-bond acceptors (Lipinski definition) is 3. The predicted octanol–water partition coefficient (Wildman–Crippen LogP) is 5.27. The summed E-state index contributed by atoms with van der Waals surface area (Å²) in [5.74, 6) is 0. The van der Waals surface area contributed by atoms with Crippen LogP contribution >= 0.6 is 0 Å². The maximum absolute atomic E-state index is 14.8. The number of aromatic nitrogens is 1. The lowest BCUT2D eigenvalue weighted by atomic mass is 10.0. The van der Waals surface area contributed by atoms with Gasteiger partial charge in [-0.2, -0.15) is 13.2 Å². The Morgan fingerprint density at radius 2 is 1.97 bits per heavy atom. The van der Waals surface area contributed by atoms with E-state index in [1.54, 1.807) is 52.0 Å². The number of alkyl halides is 4. The molecule has 1 aromatic carbocycles. The molecule has 2 aromatic rings. The number of likely N-dealkylation sites (tertiary alicyclic amines) is 1. The lowest BCUT2D eigenvalue weighted by molar-refractivity contribution is -0.140. The van der Waals surface area contributed by atoms with Crippen LogP contribution < -0.4 is 5.32 Å². The number of ether oxygens (including phenoxy) is 1. The molecule has 5 nitrogen and oxygen atoms in total. The number of amides is 1. The number of anilines is 1. The molecule has 166 valence electrons. The molecule has 0 aliphatic carbocycles. The van der Waals surface area contributed by atoms with Gasteiger partial charge < -0.3 is 19.5 Å². The molecule has 1 fully saturated rings. The van der Waals surface area contributed by atoms with Gasteiger partial charge in [0.25, 0.3) is 0 Å². The quantitative estimate of drug-likeness (QED) is 0.676. The van der Waals surface area contributed by atoms with E-state index in [1.807, 2.05) is 0 Å². The van der Waals surface area contributed by atoms with Crippen LogP contribution in [0.15, 0.2) is 24.3 Å². The summed E-state index contributed by atoms with van der Waals surface area (Å²) >= 11 is 0. The number of carbonyl (C=O) groups excluding carboxylic acids is 1. The van der Waals surface area contributed by atoms with E-state index in [1.165, 1.54) is 9.47 Å². The second-order valence-electron chi connectivity index (χ2n) is 8.71. The smallest absolute Gasteiger partial charge is 0.410 e. The molecular formula is C21H27F4N3O2. The van der Waals surface area contributed by atoms with Crippen molar-refractivity contribution < 1.29 is 27.1 Å². The van der Waals surface area contributed by atoms with E-state index in [9.17, 15) is 22.4 Å². The fraction of sp³-hybridized carbons (Fsp3) is 0.571. The van der Waals surface area contributed by atoms with Crippen LogP contribution in [0.4, 0.5) is 28.0 Å². The van der Waals surface area contributed by atoms with Gasteiger partial charge in [0.05, 0.1) is 18.1 Å². The van der Waals surface area contributed by atoms with Crippen LogP contribution in [0.3, 0.4) is 0 Å². The topological polar surface area (TPSA) is 46.5 Å². The second kappa shape index (κ2) is 8.00. The minimum Gasteiger partial charge on any atom is -0.444 e. The number of piperidine rings is 1. The van der Waals surface area contributed by atoms with Crippen molar-refractivity contribution in [2.75, 3.05) is 18.4 Å². The van der Waals surface area contributed by atoms with Crippen LogP contribution in [0, 0.1) is 6.92 Å². The van der Waals surface area contributed by atoms with Gasteiger partial charge in [-0.15, -0.1) is 0 Å². The number of benzene rings is 1. The first kappa shape index (κ1) is 22.2. The highest BCUT2D eigenvalue weighted by molar-refractivity contribution is 5.93. The maximum atomic E-state index is 14.8. The van der Waals surface area contributed by atoms with E-state index in [2.05, 4.69) is 5.32 Å². The van der Waals surface area contributed by atoms with E-state index >= 15 is 0 Å². The molecule has 1 amide bonds. The van der Waals surface area contributed by atoms with Crippen molar-refractivity contribution in [2.45, 2.75) is 64.7 Å². The summed E-state index contributed by atoms with van der Waals surface area (Å²) in [7, 11) is 0. The maximum Gasteiger partial charge on any atom is 0.410 e. The van der Waals surface area contributed by atoms with Crippen LogP contribution in [0.1, 0.15) is 32.9 Å². The summed E-state index contributed by atoms with van der Waals surface area (Å²) in [6.45, 7) is 6.02. The van der Waals surface area contributed by atoms with Crippen molar-refractivity contribution in [2.24, 2.45) is 0 Å². The first-order chi connectivity index (χ1) is 13.8. The minimum atomic E-state index is -4.33. The Balaban J connectivity index is 1.74. The van der Waals surface area contributed by atoms with E-state index in [4.69, 9.17) is 4.74 Å². The summed E-state index contributed by atoms with van der Waals surface area (Å²) < 4.78 is 60.1. The zero-order valence-electron chi connectivity index (χ0n) is 17.5. The molecule has 1 N–H and O–H groups in total. The highest BCUT2D eigenvalue weighted by atomic mass is 19.4. The van der Waals surface area contributed by atoms with E-state index < -0.39 is 36.6 Å².